The summed E-state index contributed by atoms with van der Waals surface area (Å²) in [6.07, 6.45) is -2.85. The Morgan fingerprint density at radius 3 is 2.50 bits per heavy atom. The fraction of sp³-hybridized carbons (Fsp3) is 0.222. The van der Waals surface area contributed by atoms with E-state index in [0.29, 0.717) is 0 Å². The fourth-order valence-electron chi connectivity index (χ4n) is 1.00. The van der Waals surface area contributed by atoms with Crippen molar-refractivity contribution in [3.63, 3.8) is 0 Å². The zero-order valence-corrected chi connectivity index (χ0v) is 7.05. The van der Waals surface area contributed by atoms with Crippen LogP contribution in [0.2, 0.25) is 0 Å². The second-order valence-electron chi connectivity index (χ2n) is 2.71. The molecular weight excluding hydrogens is 193 g/mol. The van der Waals surface area contributed by atoms with Crippen molar-refractivity contribution in [2.75, 3.05) is 0 Å². The predicted octanol–water partition coefficient (Wildman–Crippen LogP) is 1.96. The molecule has 5 heteroatoms. The minimum Gasteiger partial charge on any atom is -0.319 e. The first-order valence-electron chi connectivity index (χ1n) is 3.79. The van der Waals surface area contributed by atoms with Crippen LogP contribution < -0.4 is 5.73 Å². The number of nitriles is 1. The minimum absolute atomic E-state index is 0.109. The molecule has 1 rings (SSSR count). The molecule has 0 spiro atoms. The van der Waals surface area contributed by atoms with Crippen molar-refractivity contribution in [2.24, 2.45) is 5.73 Å². The smallest absolute Gasteiger partial charge is 0.257 e. The topological polar surface area (TPSA) is 49.8 Å². The molecule has 0 fully saturated rings. The van der Waals surface area contributed by atoms with Crippen LogP contribution in [0.15, 0.2) is 18.2 Å². The van der Waals surface area contributed by atoms with Gasteiger partial charge in [-0.1, -0.05) is 0 Å². The van der Waals surface area contributed by atoms with Crippen LogP contribution in [0.1, 0.15) is 17.2 Å². The lowest BCUT2D eigenvalue weighted by Gasteiger charge is -2.11. The number of benzene rings is 1. The van der Waals surface area contributed by atoms with Gasteiger partial charge in [0.2, 0.25) is 0 Å². The van der Waals surface area contributed by atoms with E-state index < -0.39 is 18.3 Å². The molecule has 1 aromatic rings. The zero-order chi connectivity index (χ0) is 10.7. The number of hydrogen-bond acceptors (Lipinski definition) is 2. The van der Waals surface area contributed by atoms with E-state index >= 15 is 0 Å². The van der Waals surface area contributed by atoms with E-state index in [-0.39, 0.29) is 11.1 Å². The van der Waals surface area contributed by atoms with E-state index in [9.17, 15) is 13.2 Å². The Balaban J connectivity index is 3.13. The lowest BCUT2D eigenvalue weighted by molar-refractivity contribution is 0.115. The van der Waals surface area contributed by atoms with Crippen LogP contribution in [-0.2, 0) is 0 Å². The van der Waals surface area contributed by atoms with Gasteiger partial charge in [0, 0.05) is 5.56 Å². The molecule has 0 aromatic heterocycles. The molecule has 0 bridgehead atoms. The molecule has 0 aliphatic rings. The van der Waals surface area contributed by atoms with E-state index in [1.807, 2.05) is 0 Å². The van der Waals surface area contributed by atoms with E-state index in [0.717, 1.165) is 12.1 Å². The molecule has 1 aromatic carbocycles. The van der Waals surface area contributed by atoms with Crippen molar-refractivity contribution in [2.45, 2.75) is 12.5 Å². The maximum atomic E-state index is 13.0. The predicted molar refractivity (Wildman–Crippen MR) is 44.0 cm³/mol. The van der Waals surface area contributed by atoms with Gasteiger partial charge in [0.25, 0.3) is 6.43 Å². The lowest BCUT2D eigenvalue weighted by Crippen LogP contribution is -2.20. The van der Waals surface area contributed by atoms with Crippen molar-refractivity contribution in [3.8, 4) is 6.07 Å². The maximum Gasteiger partial charge on any atom is 0.257 e. The first kappa shape index (κ1) is 10.5. The summed E-state index contributed by atoms with van der Waals surface area (Å²) < 4.78 is 37.3. The van der Waals surface area contributed by atoms with E-state index in [1.54, 1.807) is 6.07 Å². The summed E-state index contributed by atoms with van der Waals surface area (Å²) in [4.78, 5) is 0. The Morgan fingerprint density at radius 1 is 1.36 bits per heavy atom. The third-order valence-corrected chi connectivity index (χ3v) is 1.76. The van der Waals surface area contributed by atoms with Crippen LogP contribution in [0.25, 0.3) is 0 Å². The Kier molecular flexibility index (Phi) is 3.10. The molecule has 0 amide bonds. The number of rotatable bonds is 2. The number of nitrogens with two attached hydrogens (primary N) is 1. The van der Waals surface area contributed by atoms with Crippen molar-refractivity contribution in [1.29, 1.82) is 5.26 Å². The van der Waals surface area contributed by atoms with Crippen LogP contribution in [-0.4, -0.2) is 6.43 Å². The van der Waals surface area contributed by atoms with Gasteiger partial charge in [0.15, 0.2) is 0 Å². The molecule has 2 nitrogen and oxygen atoms in total. The van der Waals surface area contributed by atoms with Crippen LogP contribution in [0.3, 0.4) is 0 Å². The number of nitrogens with zero attached hydrogens (tertiary/aromatic N) is 1. The van der Waals surface area contributed by atoms with Crippen LogP contribution in [0.4, 0.5) is 13.2 Å². The van der Waals surface area contributed by atoms with Crippen molar-refractivity contribution < 1.29 is 13.2 Å². The summed E-state index contributed by atoms with van der Waals surface area (Å²) in [5.41, 5.74) is 4.84. The quantitative estimate of drug-likeness (QED) is 0.793. The first-order chi connectivity index (χ1) is 6.56. The van der Waals surface area contributed by atoms with Gasteiger partial charge in [0.05, 0.1) is 17.7 Å². The molecule has 0 unspecified atom stereocenters. The molecule has 0 aliphatic heterocycles. The van der Waals surface area contributed by atoms with Crippen LogP contribution in [0.5, 0.6) is 0 Å². The summed E-state index contributed by atoms with van der Waals surface area (Å²) in [5.74, 6) is -0.822. The Hall–Kier alpha value is -1.54. The normalized spacial score (nSPS) is 12.6. The fourth-order valence-corrected chi connectivity index (χ4v) is 1.00. The van der Waals surface area contributed by atoms with Crippen molar-refractivity contribution in [3.05, 3.63) is 35.1 Å². The summed E-state index contributed by atoms with van der Waals surface area (Å²) in [7, 11) is 0. The largest absolute Gasteiger partial charge is 0.319 e. The first-order valence-corrected chi connectivity index (χ1v) is 3.79. The summed E-state index contributed by atoms with van der Waals surface area (Å²) >= 11 is 0. The lowest BCUT2D eigenvalue weighted by atomic mass is 10.0. The molecule has 0 heterocycles. The maximum absolute atomic E-state index is 13.0. The third-order valence-electron chi connectivity index (χ3n) is 1.76. The van der Waals surface area contributed by atoms with Gasteiger partial charge in [-0.3, -0.25) is 0 Å². The second kappa shape index (κ2) is 4.11. The third kappa shape index (κ3) is 2.03. The van der Waals surface area contributed by atoms with E-state index in [2.05, 4.69) is 0 Å². The summed E-state index contributed by atoms with van der Waals surface area (Å²) in [6, 6.07) is 3.22. The van der Waals surface area contributed by atoms with Crippen molar-refractivity contribution in [1.82, 2.24) is 0 Å². The molecule has 0 saturated heterocycles. The summed E-state index contributed by atoms with van der Waals surface area (Å²) in [5, 5.41) is 8.47. The highest BCUT2D eigenvalue weighted by Crippen LogP contribution is 2.21. The van der Waals surface area contributed by atoms with Crippen LogP contribution in [0, 0.1) is 17.1 Å². The Morgan fingerprint density at radius 2 is 2.00 bits per heavy atom. The van der Waals surface area contributed by atoms with Crippen LogP contribution >= 0.6 is 0 Å². The van der Waals surface area contributed by atoms with Gasteiger partial charge in [-0.2, -0.15) is 5.26 Å². The van der Waals surface area contributed by atoms with Gasteiger partial charge < -0.3 is 5.73 Å². The summed E-state index contributed by atoms with van der Waals surface area (Å²) in [6.45, 7) is 0. The highest BCUT2D eigenvalue weighted by Gasteiger charge is 2.21. The Bertz CT molecular complexity index is 371. The average Bonchev–Trinajstić information content (AvgIpc) is 2.17. The highest BCUT2D eigenvalue weighted by molar-refractivity contribution is 5.35. The number of hydrogen-bond donors (Lipinski definition) is 1. The monoisotopic (exact) mass is 200 g/mol. The molecule has 0 aliphatic carbocycles. The number of alkyl halides is 2. The SMILES string of the molecule is N#Cc1ccc(F)c([C@H](N)C(F)F)c1. The molecule has 2 N–H and O–H groups in total. The molecule has 0 radical (unpaired) electrons. The highest BCUT2D eigenvalue weighted by atomic mass is 19.3. The standard InChI is InChI=1S/C9H7F3N2/c10-7-2-1-5(4-13)3-6(7)8(14)9(11)12/h1-3,8-9H,14H2/t8-/m0/s1. The second-order valence-corrected chi connectivity index (χ2v) is 2.71. The van der Waals surface area contributed by atoms with E-state index in [4.69, 9.17) is 11.0 Å². The van der Waals surface area contributed by atoms with E-state index in [1.165, 1.54) is 6.07 Å². The molecule has 0 saturated carbocycles. The average molecular weight is 200 g/mol. The van der Waals surface area contributed by atoms with Gasteiger partial charge >= 0.3 is 0 Å². The molecule has 14 heavy (non-hydrogen) atoms. The number of halogens is 3. The van der Waals surface area contributed by atoms with Gasteiger partial charge in [-0.25, -0.2) is 13.2 Å². The molecular formula is C9H7F3N2. The Labute approximate surface area is 78.8 Å². The van der Waals surface area contributed by atoms with Gasteiger partial charge in [-0.15, -0.1) is 0 Å². The van der Waals surface area contributed by atoms with Crippen molar-refractivity contribution >= 4 is 0 Å². The van der Waals surface area contributed by atoms with Gasteiger partial charge in [0.1, 0.15) is 5.82 Å². The van der Waals surface area contributed by atoms with Gasteiger partial charge in [-0.05, 0) is 18.2 Å². The molecule has 1 atom stereocenters. The zero-order valence-electron chi connectivity index (χ0n) is 7.05. The minimum atomic E-state index is -2.85. The molecule has 74 valence electrons.